The molecule has 0 bridgehead atoms. The second kappa shape index (κ2) is 8.62. The van der Waals surface area contributed by atoms with E-state index in [0.29, 0.717) is 18.8 Å². The van der Waals surface area contributed by atoms with Gasteiger partial charge in [0, 0.05) is 18.8 Å². The van der Waals surface area contributed by atoms with Crippen LogP contribution in [0.1, 0.15) is 56.3 Å². The number of carbonyl (C=O) groups excluding carboxylic acids is 2. The number of amides is 2. The van der Waals surface area contributed by atoms with Crippen LogP contribution < -0.4 is 10.2 Å². The molecule has 168 valence electrons. The summed E-state index contributed by atoms with van der Waals surface area (Å²) in [6.45, 7) is 1.31. The number of fused-ring (bicyclic) bond motifs is 1. The maximum Gasteiger partial charge on any atom is 0.256 e. The van der Waals surface area contributed by atoms with Crippen molar-refractivity contribution in [1.29, 1.82) is 0 Å². The number of aryl methyl sites for hydroxylation is 1. The minimum atomic E-state index is -0.678. The van der Waals surface area contributed by atoms with E-state index in [9.17, 15) is 14.0 Å². The molecule has 1 aromatic heterocycles. The highest BCUT2D eigenvalue weighted by atomic mass is 19.1. The van der Waals surface area contributed by atoms with E-state index in [2.05, 4.69) is 5.32 Å². The van der Waals surface area contributed by atoms with Gasteiger partial charge in [0.05, 0.1) is 22.5 Å². The fourth-order valence-electron chi connectivity index (χ4n) is 4.97. The number of ether oxygens (including phenoxy) is 1. The SMILES string of the molecule is O=C(C1CCCCO1)N1CCCc2nc(C3(C(=O)Nc4ccc(F)cc4)CCC3)ccc21. The van der Waals surface area contributed by atoms with E-state index in [1.54, 1.807) is 12.1 Å². The topological polar surface area (TPSA) is 71.5 Å². The zero-order valence-corrected chi connectivity index (χ0v) is 18.1. The summed E-state index contributed by atoms with van der Waals surface area (Å²) in [4.78, 5) is 33.0. The number of aromatic nitrogens is 1. The molecular weight excluding hydrogens is 409 g/mol. The summed E-state index contributed by atoms with van der Waals surface area (Å²) in [6.07, 6.45) is 6.46. The molecule has 2 aliphatic heterocycles. The van der Waals surface area contributed by atoms with Crippen molar-refractivity contribution in [3.63, 3.8) is 0 Å². The van der Waals surface area contributed by atoms with Gasteiger partial charge < -0.3 is 15.0 Å². The number of carbonyl (C=O) groups is 2. The molecule has 1 N–H and O–H groups in total. The zero-order valence-electron chi connectivity index (χ0n) is 18.1. The second-order valence-corrected chi connectivity index (χ2v) is 9.01. The van der Waals surface area contributed by atoms with Crippen LogP contribution in [0, 0.1) is 5.82 Å². The number of hydrogen-bond acceptors (Lipinski definition) is 4. The first kappa shape index (κ1) is 21.1. The van der Waals surface area contributed by atoms with E-state index >= 15 is 0 Å². The molecule has 0 spiro atoms. The van der Waals surface area contributed by atoms with Crippen LogP contribution >= 0.6 is 0 Å². The first-order chi connectivity index (χ1) is 15.6. The molecule has 5 rings (SSSR count). The highest BCUT2D eigenvalue weighted by Crippen LogP contribution is 2.45. The summed E-state index contributed by atoms with van der Waals surface area (Å²) < 4.78 is 18.9. The van der Waals surface area contributed by atoms with Crippen molar-refractivity contribution in [3.8, 4) is 0 Å². The fraction of sp³-hybridized carbons (Fsp3) is 0.480. The van der Waals surface area contributed by atoms with Crippen LogP contribution in [0.15, 0.2) is 36.4 Å². The number of nitrogens with one attached hydrogen (secondary N) is 1. The van der Waals surface area contributed by atoms with Gasteiger partial charge in [0.25, 0.3) is 5.91 Å². The summed E-state index contributed by atoms with van der Waals surface area (Å²) in [7, 11) is 0. The van der Waals surface area contributed by atoms with E-state index in [-0.39, 0.29) is 23.7 Å². The number of pyridine rings is 1. The molecule has 2 aromatic rings. The highest BCUT2D eigenvalue weighted by Gasteiger charge is 2.47. The fourth-order valence-corrected chi connectivity index (χ4v) is 4.97. The lowest BCUT2D eigenvalue weighted by Crippen LogP contribution is -2.47. The zero-order chi connectivity index (χ0) is 22.1. The molecule has 3 heterocycles. The highest BCUT2D eigenvalue weighted by molar-refractivity contribution is 6.00. The molecule has 1 saturated heterocycles. The Morgan fingerprint density at radius 3 is 2.56 bits per heavy atom. The predicted molar refractivity (Wildman–Crippen MR) is 119 cm³/mol. The number of benzene rings is 1. The van der Waals surface area contributed by atoms with Crippen LogP contribution in [0.2, 0.25) is 0 Å². The van der Waals surface area contributed by atoms with E-state index in [4.69, 9.17) is 9.72 Å². The van der Waals surface area contributed by atoms with Crippen molar-refractivity contribution in [2.24, 2.45) is 0 Å². The summed E-state index contributed by atoms with van der Waals surface area (Å²) in [5.41, 5.74) is 2.36. The van der Waals surface area contributed by atoms with Gasteiger partial charge in [-0.25, -0.2) is 4.39 Å². The Bertz CT molecular complexity index is 1010. The van der Waals surface area contributed by atoms with Gasteiger partial charge >= 0.3 is 0 Å². The van der Waals surface area contributed by atoms with Crippen molar-refractivity contribution >= 4 is 23.2 Å². The standard InChI is InChI=1S/C25H28FN3O3/c26-17-7-9-18(10-8-17)27-24(31)25(13-4-14-25)22-12-11-20-19(28-22)5-3-15-29(20)23(30)21-6-1-2-16-32-21/h7-12,21H,1-6,13-16H2,(H,27,31). The lowest BCUT2D eigenvalue weighted by Gasteiger charge is -2.40. The maximum atomic E-state index is 13.2. The average molecular weight is 438 g/mol. The first-order valence-electron chi connectivity index (χ1n) is 11.6. The number of hydrogen-bond donors (Lipinski definition) is 1. The Balaban J connectivity index is 1.39. The van der Waals surface area contributed by atoms with E-state index in [1.165, 1.54) is 12.1 Å². The molecule has 0 radical (unpaired) electrons. The average Bonchev–Trinajstić information content (AvgIpc) is 2.79. The number of nitrogens with zero attached hydrogens (tertiary/aromatic N) is 2. The van der Waals surface area contributed by atoms with E-state index in [1.807, 2.05) is 17.0 Å². The largest absolute Gasteiger partial charge is 0.368 e. The normalized spacial score (nSPS) is 21.9. The summed E-state index contributed by atoms with van der Waals surface area (Å²) in [5, 5.41) is 2.93. The summed E-state index contributed by atoms with van der Waals surface area (Å²) >= 11 is 0. The predicted octanol–water partition coefficient (Wildman–Crippen LogP) is 4.13. The van der Waals surface area contributed by atoms with Gasteiger partial charge in [-0.05, 0) is 81.3 Å². The summed E-state index contributed by atoms with van der Waals surface area (Å²) in [5.74, 6) is -0.426. The van der Waals surface area contributed by atoms with Crippen LogP contribution in [-0.4, -0.2) is 36.1 Å². The van der Waals surface area contributed by atoms with Gasteiger partial charge in [0.15, 0.2) is 0 Å². The lowest BCUT2D eigenvalue weighted by atomic mass is 9.65. The van der Waals surface area contributed by atoms with Gasteiger partial charge in [-0.2, -0.15) is 0 Å². The van der Waals surface area contributed by atoms with Crippen molar-refractivity contribution in [2.75, 3.05) is 23.4 Å². The van der Waals surface area contributed by atoms with Gasteiger partial charge in [-0.15, -0.1) is 0 Å². The molecule has 1 saturated carbocycles. The van der Waals surface area contributed by atoms with Gasteiger partial charge in [0.2, 0.25) is 5.91 Å². The van der Waals surface area contributed by atoms with Gasteiger partial charge in [0.1, 0.15) is 11.9 Å². The van der Waals surface area contributed by atoms with Gasteiger partial charge in [-0.1, -0.05) is 6.42 Å². The van der Waals surface area contributed by atoms with Crippen molar-refractivity contribution in [3.05, 3.63) is 53.6 Å². The third-order valence-corrected chi connectivity index (χ3v) is 6.99. The van der Waals surface area contributed by atoms with Gasteiger partial charge in [-0.3, -0.25) is 14.6 Å². The summed E-state index contributed by atoms with van der Waals surface area (Å²) in [6, 6.07) is 9.65. The second-order valence-electron chi connectivity index (χ2n) is 9.01. The smallest absolute Gasteiger partial charge is 0.256 e. The molecule has 2 fully saturated rings. The Kier molecular flexibility index (Phi) is 5.67. The van der Waals surface area contributed by atoms with Crippen molar-refractivity contribution in [2.45, 2.75) is 62.9 Å². The Morgan fingerprint density at radius 2 is 1.88 bits per heavy atom. The van der Waals surface area contributed by atoms with Crippen LogP contribution in [0.4, 0.5) is 15.8 Å². The molecule has 7 heteroatoms. The maximum absolute atomic E-state index is 13.2. The first-order valence-corrected chi connectivity index (χ1v) is 11.6. The molecule has 1 aromatic carbocycles. The number of halogens is 1. The molecule has 3 aliphatic rings. The Morgan fingerprint density at radius 1 is 1.06 bits per heavy atom. The minimum absolute atomic E-state index is 0.0209. The number of anilines is 2. The molecule has 2 amide bonds. The molecule has 1 atom stereocenters. The number of rotatable bonds is 4. The molecule has 1 unspecified atom stereocenters. The molecule has 6 nitrogen and oxygen atoms in total. The van der Waals surface area contributed by atoms with E-state index < -0.39 is 5.41 Å². The Hall–Kier alpha value is -2.80. The lowest BCUT2D eigenvalue weighted by molar-refractivity contribution is -0.132. The third-order valence-electron chi connectivity index (χ3n) is 6.99. The monoisotopic (exact) mass is 437 g/mol. The van der Waals surface area contributed by atoms with Crippen LogP contribution in [-0.2, 0) is 26.2 Å². The van der Waals surface area contributed by atoms with Crippen molar-refractivity contribution in [1.82, 2.24) is 4.98 Å². The molecular formula is C25H28FN3O3. The van der Waals surface area contributed by atoms with Crippen molar-refractivity contribution < 1.29 is 18.7 Å². The quantitative estimate of drug-likeness (QED) is 0.781. The van der Waals surface area contributed by atoms with Crippen LogP contribution in [0.25, 0.3) is 0 Å². The Labute approximate surface area is 187 Å². The third kappa shape index (κ3) is 3.79. The molecule has 32 heavy (non-hydrogen) atoms. The van der Waals surface area contributed by atoms with E-state index in [0.717, 1.165) is 68.4 Å². The van der Waals surface area contributed by atoms with Crippen LogP contribution in [0.3, 0.4) is 0 Å². The molecule has 1 aliphatic carbocycles. The van der Waals surface area contributed by atoms with Crippen LogP contribution in [0.5, 0.6) is 0 Å². The minimum Gasteiger partial charge on any atom is -0.368 e.